The number of piperazine rings is 1. The number of amides is 2. The Kier molecular flexibility index (Phi) is 7.51. The quantitative estimate of drug-likeness (QED) is 0.446. The molecule has 2 atom stereocenters. The zero-order chi connectivity index (χ0) is 27.7. The Hall–Kier alpha value is -3.99. The molecule has 0 saturated carbocycles. The van der Waals surface area contributed by atoms with Crippen LogP contribution < -0.4 is 10.2 Å². The molecule has 5 rings (SSSR count). The van der Waals surface area contributed by atoms with Crippen molar-refractivity contribution in [2.45, 2.75) is 45.4 Å². The Balaban J connectivity index is 1.46. The summed E-state index contributed by atoms with van der Waals surface area (Å²) in [6, 6.07) is 4.12. The first-order valence-electron chi connectivity index (χ1n) is 13.3. The van der Waals surface area contributed by atoms with Gasteiger partial charge in [0.15, 0.2) is 0 Å². The van der Waals surface area contributed by atoms with Gasteiger partial charge >= 0.3 is 0 Å². The van der Waals surface area contributed by atoms with Gasteiger partial charge in [0.05, 0.1) is 30.1 Å². The zero-order valence-corrected chi connectivity index (χ0v) is 23.0. The van der Waals surface area contributed by atoms with E-state index < -0.39 is 0 Å². The van der Waals surface area contributed by atoms with E-state index in [0.29, 0.717) is 51.6 Å². The summed E-state index contributed by atoms with van der Waals surface area (Å²) in [5, 5.41) is 11.6. The molecular weight excluding hydrogens is 496 g/mol. The number of hydrogen-bond acceptors (Lipinski definition) is 8. The van der Waals surface area contributed by atoms with Crippen molar-refractivity contribution in [3.8, 4) is 0 Å². The van der Waals surface area contributed by atoms with E-state index in [4.69, 9.17) is 14.7 Å². The number of ether oxygens (including phenoxy) is 1. The van der Waals surface area contributed by atoms with E-state index >= 15 is 0 Å². The van der Waals surface area contributed by atoms with Crippen molar-refractivity contribution in [3.05, 3.63) is 53.4 Å². The maximum Gasteiger partial charge on any atom is 0.246 e. The minimum atomic E-state index is -0.175. The zero-order valence-electron chi connectivity index (χ0n) is 23.0. The number of hydrogen-bond donors (Lipinski definition) is 2. The van der Waals surface area contributed by atoms with Gasteiger partial charge in [-0.05, 0) is 37.1 Å². The second-order valence-electron chi connectivity index (χ2n) is 10.4. The largest absolute Gasteiger partial charge is 0.368 e. The van der Waals surface area contributed by atoms with Gasteiger partial charge in [-0.2, -0.15) is 10.1 Å². The van der Waals surface area contributed by atoms with Crippen LogP contribution in [0.4, 0.5) is 11.8 Å². The molecule has 11 heteroatoms. The number of H-pyrrole nitrogens is 1. The predicted octanol–water partition coefficient (Wildman–Crippen LogP) is 2.59. The lowest BCUT2D eigenvalue weighted by Crippen LogP contribution is -2.54. The number of benzene rings is 1. The van der Waals surface area contributed by atoms with Crippen LogP contribution in [0.15, 0.2) is 31.0 Å². The molecule has 0 bridgehead atoms. The Morgan fingerprint density at radius 1 is 1.28 bits per heavy atom. The first-order valence-corrected chi connectivity index (χ1v) is 13.3. The molecule has 0 spiro atoms. The standard InChI is InChI=1S/C28H36N8O3/c1-6-24(37)36-12-11-35(15-18(36)3)27-20-16-39-23(26-17(2)7-8-21-19(26)14-30-33-21)13-22(20)31-28(32-27)29-10-9-25(38)34(4)5/h6-8,14,18,23H,1,9-13,15-16H2,2-5H3,(H,30,33)(H,29,31,32)/t18-,23?/m1/s1. The van der Waals surface area contributed by atoms with Crippen LogP contribution in [0.5, 0.6) is 0 Å². The minimum absolute atomic E-state index is 0.00240. The molecule has 2 aliphatic heterocycles. The van der Waals surface area contributed by atoms with E-state index in [1.807, 2.05) is 24.1 Å². The number of nitrogens with one attached hydrogen (secondary N) is 2. The highest BCUT2D eigenvalue weighted by Gasteiger charge is 2.33. The van der Waals surface area contributed by atoms with Crippen molar-refractivity contribution in [1.29, 1.82) is 0 Å². The van der Waals surface area contributed by atoms with Gasteiger partial charge in [-0.15, -0.1) is 0 Å². The van der Waals surface area contributed by atoms with Crippen LogP contribution in [-0.4, -0.2) is 88.1 Å². The molecule has 2 aliphatic rings. The third kappa shape index (κ3) is 5.31. The van der Waals surface area contributed by atoms with Gasteiger partial charge in [0.1, 0.15) is 5.82 Å². The topological polar surface area (TPSA) is 120 Å². The van der Waals surface area contributed by atoms with Crippen molar-refractivity contribution >= 4 is 34.5 Å². The molecule has 206 valence electrons. The Morgan fingerprint density at radius 3 is 2.85 bits per heavy atom. The van der Waals surface area contributed by atoms with Crippen molar-refractivity contribution in [2.24, 2.45) is 0 Å². The fraction of sp³-hybridized carbons (Fsp3) is 0.464. The molecule has 0 aliphatic carbocycles. The first-order chi connectivity index (χ1) is 18.8. The molecule has 1 saturated heterocycles. The summed E-state index contributed by atoms with van der Waals surface area (Å²) in [6.07, 6.45) is 3.97. The van der Waals surface area contributed by atoms with Gasteiger partial charge < -0.3 is 24.8 Å². The minimum Gasteiger partial charge on any atom is -0.368 e. The molecule has 39 heavy (non-hydrogen) atoms. The Labute approximate surface area is 228 Å². The van der Waals surface area contributed by atoms with Crippen LogP contribution in [0, 0.1) is 6.92 Å². The molecule has 0 radical (unpaired) electrons. The average molecular weight is 533 g/mol. The first kappa shape index (κ1) is 26.6. The molecule has 2 aromatic heterocycles. The number of rotatable bonds is 7. The number of aromatic amines is 1. The van der Waals surface area contributed by atoms with Gasteiger partial charge in [0, 0.05) is 70.1 Å². The monoisotopic (exact) mass is 532 g/mol. The lowest BCUT2D eigenvalue weighted by Gasteiger charge is -2.41. The maximum atomic E-state index is 12.3. The molecule has 1 fully saturated rings. The van der Waals surface area contributed by atoms with E-state index in [2.05, 4.69) is 40.0 Å². The molecule has 2 N–H and O–H groups in total. The fourth-order valence-electron chi connectivity index (χ4n) is 5.45. The number of aryl methyl sites for hydroxylation is 1. The molecule has 3 aromatic rings. The highest BCUT2D eigenvalue weighted by Crippen LogP contribution is 2.38. The van der Waals surface area contributed by atoms with Crippen molar-refractivity contribution in [3.63, 3.8) is 0 Å². The van der Waals surface area contributed by atoms with Crippen LogP contribution in [0.3, 0.4) is 0 Å². The molecule has 1 aromatic carbocycles. The van der Waals surface area contributed by atoms with E-state index in [0.717, 1.165) is 39.1 Å². The second kappa shape index (κ2) is 11.0. The molecule has 11 nitrogen and oxygen atoms in total. The number of anilines is 2. The lowest BCUT2D eigenvalue weighted by molar-refractivity contribution is -0.129. The number of nitrogens with zero attached hydrogens (tertiary/aromatic N) is 6. The number of aromatic nitrogens is 4. The van der Waals surface area contributed by atoms with Crippen LogP contribution in [0.2, 0.25) is 0 Å². The average Bonchev–Trinajstić information content (AvgIpc) is 3.40. The van der Waals surface area contributed by atoms with Gasteiger partial charge in [-0.1, -0.05) is 12.6 Å². The van der Waals surface area contributed by atoms with E-state index in [-0.39, 0.29) is 24.0 Å². The number of fused-ring (bicyclic) bond motifs is 2. The Bertz CT molecular complexity index is 1400. The number of carbonyl (C=O) groups excluding carboxylic acids is 2. The van der Waals surface area contributed by atoms with Crippen molar-refractivity contribution in [2.75, 3.05) is 50.5 Å². The van der Waals surface area contributed by atoms with Crippen LogP contribution in [0.25, 0.3) is 10.9 Å². The van der Waals surface area contributed by atoms with Crippen molar-refractivity contribution in [1.82, 2.24) is 30.0 Å². The predicted molar refractivity (Wildman–Crippen MR) is 149 cm³/mol. The van der Waals surface area contributed by atoms with Crippen LogP contribution in [-0.2, 0) is 27.4 Å². The third-order valence-corrected chi connectivity index (χ3v) is 7.59. The highest BCUT2D eigenvalue weighted by molar-refractivity contribution is 5.87. The molecule has 4 heterocycles. The fourth-order valence-corrected chi connectivity index (χ4v) is 5.45. The van der Waals surface area contributed by atoms with Gasteiger partial charge in [0.25, 0.3) is 0 Å². The second-order valence-corrected chi connectivity index (χ2v) is 10.4. The molecular formula is C28H36N8O3. The SMILES string of the molecule is C=CC(=O)N1CCN(c2nc(NCCC(=O)N(C)C)nc3c2COC(c2c(C)ccc4[nH]ncc24)C3)C[C@H]1C. The third-order valence-electron chi connectivity index (χ3n) is 7.59. The maximum absolute atomic E-state index is 12.3. The number of carbonyl (C=O) groups is 2. The lowest BCUT2D eigenvalue weighted by atomic mass is 9.93. The normalized spacial score (nSPS) is 19.1. The van der Waals surface area contributed by atoms with E-state index in [1.54, 1.807) is 19.0 Å². The molecule has 1 unspecified atom stereocenters. The summed E-state index contributed by atoms with van der Waals surface area (Å²) in [4.78, 5) is 39.8. The van der Waals surface area contributed by atoms with E-state index in [1.165, 1.54) is 6.08 Å². The Morgan fingerprint density at radius 2 is 2.10 bits per heavy atom. The summed E-state index contributed by atoms with van der Waals surface area (Å²) in [5.41, 5.74) is 5.12. The molecule has 2 amide bonds. The van der Waals surface area contributed by atoms with Crippen LogP contribution in [0.1, 0.15) is 41.8 Å². The summed E-state index contributed by atoms with van der Waals surface area (Å²) >= 11 is 0. The van der Waals surface area contributed by atoms with Gasteiger partial charge in [0.2, 0.25) is 17.8 Å². The van der Waals surface area contributed by atoms with E-state index in [9.17, 15) is 9.59 Å². The van der Waals surface area contributed by atoms with Gasteiger partial charge in [-0.25, -0.2) is 4.98 Å². The summed E-state index contributed by atoms with van der Waals surface area (Å²) in [6.45, 7) is 10.4. The van der Waals surface area contributed by atoms with Crippen LogP contribution >= 0.6 is 0 Å². The highest BCUT2D eigenvalue weighted by atomic mass is 16.5. The van der Waals surface area contributed by atoms with Gasteiger partial charge in [-0.3, -0.25) is 14.7 Å². The summed E-state index contributed by atoms with van der Waals surface area (Å²) in [7, 11) is 3.49. The summed E-state index contributed by atoms with van der Waals surface area (Å²) in [5.74, 6) is 1.28. The smallest absolute Gasteiger partial charge is 0.246 e. The summed E-state index contributed by atoms with van der Waals surface area (Å²) < 4.78 is 6.47. The van der Waals surface area contributed by atoms with Crippen molar-refractivity contribution < 1.29 is 14.3 Å².